The minimum absolute atomic E-state index is 0.0241. The average molecular weight is 435 g/mol. The summed E-state index contributed by atoms with van der Waals surface area (Å²) >= 11 is 0. The molecule has 0 bridgehead atoms. The van der Waals surface area contributed by atoms with Gasteiger partial charge in [-0.25, -0.2) is 9.59 Å². The summed E-state index contributed by atoms with van der Waals surface area (Å²) in [5, 5.41) is 5.31. The van der Waals surface area contributed by atoms with Gasteiger partial charge < -0.3 is 30.2 Å². The van der Waals surface area contributed by atoms with Gasteiger partial charge in [0.2, 0.25) is 0 Å². The maximum absolute atomic E-state index is 13.2. The Labute approximate surface area is 174 Å². The molecule has 3 aromatic rings. The highest BCUT2D eigenvalue weighted by Gasteiger charge is 2.31. The van der Waals surface area contributed by atoms with E-state index in [1.807, 2.05) is 4.90 Å². The van der Waals surface area contributed by atoms with Crippen LogP contribution in [-0.2, 0) is 17.5 Å². The summed E-state index contributed by atoms with van der Waals surface area (Å²) in [6.45, 7) is 1.79. The number of halogens is 3. The first-order valence-electron chi connectivity index (χ1n) is 9.60. The molecular formula is C20H20F3N5O3. The van der Waals surface area contributed by atoms with Crippen molar-refractivity contribution >= 4 is 28.4 Å². The van der Waals surface area contributed by atoms with Crippen molar-refractivity contribution in [3.05, 3.63) is 58.0 Å². The molecule has 8 nitrogen and oxygen atoms in total. The number of rotatable bonds is 4. The van der Waals surface area contributed by atoms with Crippen molar-refractivity contribution in [2.24, 2.45) is 0 Å². The van der Waals surface area contributed by atoms with Crippen LogP contribution in [0.5, 0.6) is 0 Å². The first kappa shape index (κ1) is 20.8. The van der Waals surface area contributed by atoms with Crippen molar-refractivity contribution in [1.82, 2.24) is 15.3 Å². The molecule has 2 aromatic carbocycles. The van der Waals surface area contributed by atoms with E-state index < -0.39 is 23.5 Å². The third-order valence-electron chi connectivity index (χ3n) is 5.00. The number of imidazole rings is 1. The highest BCUT2D eigenvalue weighted by molar-refractivity contribution is 5.98. The van der Waals surface area contributed by atoms with Crippen LogP contribution >= 0.6 is 0 Å². The lowest BCUT2D eigenvalue weighted by atomic mass is 10.1. The molecule has 164 valence electrons. The molecule has 1 aliphatic heterocycles. The molecule has 0 saturated carbocycles. The number of urea groups is 1. The lowest BCUT2D eigenvalue weighted by Crippen LogP contribution is -2.37. The Balaban J connectivity index is 1.51. The van der Waals surface area contributed by atoms with E-state index in [-0.39, 0.29) is 6.54 Å². The van der Waals surface area contributed by atoms with Gasteiger partial charge in [-0.1, -0.05) is 12.1 Å². The molecule has 11 heteroatoms. The van der Waals surface area contributed by atoms with Gasteiger partial charge in [-0.3, -0.25) is 0 Å². The monoisotopic (exact) mass is 435 g/mol. The number of hydrogen-bond acceptors (Lipinski definition) is 4. The van der Waals surface area contributed by atoms with E-state index in [0.29, 0.717) is 54.3 Å². The Bertz CT molecular complexity index is 1150. The van der Waals surface area contributed by atoms with E-state index in [2.05, 4.69) is 20.6 Å². The Kier molecular flexibility index (Phi) is 5.59. The van der Waals surface area contributed by atoms with Crippen molar-refractivity contribution in [1.29, 1.82) is 0 Å². The number of H-pyrrole nitrogens is 2. The third kappa shape index (κ3) is 4.66. The number of aromatic nitrogens is 2. The maximum Gasteiger partial charge on any atom is 0.416 e. The zero-order valence-electron chi connectivity index (χ0n) is 16.3. The number of nitrogens with one attached hydrogen (secondary N) is 4. The van der Waals surface area contributed by atoms with E-state index in [1.54, 1.807) is 18.2 Å². The van der Waals surface area contributed by atoms with Crippen molar-refractivity contribution in [2.45, 2.75) is 12.7 Å². The SMILES string of the molecule is O=C(NCc1ccc(C(F)(F)F)cc1N1CCOCC1)Nc1cccc2[nH]c(=O)[nH]c12. The molecule has 1 fully saturated rings. The Morgan fingerprint density at radius 1 is 1.13 bits per heavy atom. The quantitative estimate of drug-likeness (QED) is 0.506. The average Bonchev–Trinajstić information content (AvgIpc) is 3.13. The number of benzene rings is 2. The molecule has 1 aromatic heterocycles. The molecule has 0 atom stereocenters. The standard InChI is InChI=1S/C20H20F3N5O3/c21-20(22,23)13-5-4-12(16(10-13)28-6-8-31-9-7-28)11-24-18(29)25-14-2-1-3-15-17(14)27-19(30)26-15/h1-5,10H,6-9,11H2,(H2,24,25,29)(H2,26,27,30). The molecule has 4 rings (SSSR count). The summed E-state index contributed by atoms with van der Waals surface area (Å²) in [5.41, 5.74) is 1.21. The summed E-state index contributed by atoms with van der Waals surface area (Å²) < 4.78 is 44.9. The predicted molar refractivity (Wildman–Crippen MR) is 109 cm³/mol. The van der Waals surface area contributed by atoms with Crippen LogP contribution in [0.4, 0.5) is 29.3 Å². The molecule has 1 aliphatic rings. The zero-order chi connectivity index (χ0) is 22.0. The minimum Gasteiger partial charge on any atom is -0.378 e. The van der Waals surface area contributed by atoms with Gasteiger partial charge in [0.15, 0.2) is 0 Å². The molecule has 2 amide bonds. The van der Waals surface area contributed by atoms with Gasteiger partial charge in [-0.15, -0.1) is 0 Å². The number of aromatic amines is 2. The molecular weight excluding hydrogens is 415 g/mol. The second kappa shape index (κ2) is 8.34. The molecule has 0 spiro atoms. The van der Waals surface area contributed by atoms with E-state index in [9.17, 15) is 22.8 Å². The number of alkyl halides is 3. The fraction of sp³-hybridized carbons (Fsp3) is 0.300. The van der Waals surface area contributed by atoms with E-state index in [1.165, 1.54) is 6.07 Å². The number of hydrogen-bond donors (Lipinski definition) is 4. The van der Waals surface area contributed by atoms with Crippen LogP contribution in [0.15, 0.2) is 41.2 Å². The van der Waals surface area contributed by atoms with Crippen LogP contribution in [0.3, 0.4) is 0 Å². The first-order valence-corrected chi connectivity index (χ1v) is 9.60. The Morgan fingerprint density at radius 3 is 2.65 bits per heavy atom. The van der Waals surface area contributed by atoms with Crippen LogP contribution in [0.25, 0.3) is 11.0 Å². The highest BCUT2D eigenvalue weighted by Crippen LogP contribution is 2.34. The van der Waals surface area contributed by atoms with Crippen LogP contribution in [0, 0.1) is 0 Å². The summed E-state index contributed by atoms with van der Waals surface area (Å²) in [7, 11) is 0. The van der Waals surface area contributed by atoms with Crippen LogP contribution in [0.2, 0.25) is 0 Å². The highest BCUT2D eigenvalue weighted by atomic mass is 19.4. The smallest absolute Gasteiger partial charge is 0.378 e. The number of anilines is 2. The third-order valence-corrected chi connectivity index (χ3v) is 5.00. The van der Waals surface area contributed by atoms with Gasteiger partial charge >= 0.3 is 17.9 Å². The normalized spacial score (nSPS) is 14.6. The van der Waals surface area contributed by atoms with Crippen LogP contribution in [0.1, 0.15) is 11.1 Å². The number of nitrogens with zero attached hydrogens (tertiary/aromatic N) is 1. The summed E-state index contributed by atoms with van der Waals surface area (Å²) in [6.07, 6.45) is -4.46. The molecule has 0 unspecified atom stereocenters. The van der Waals surface area contributed by atoms with Crippen molar-refractivity contribution < 1.29 is 22.7 Å². The van der Waals surface area contributed by atoms with E-state index in [4.69, 9.17) is 4.74 Å². The van der Waals surface area contributed by atoms with Crippen molar-refractivity contribution in [2.75, 3.05) is 36.5 Å². The molecule has 2 heterocycles. The first-order chi connectivity index (χ1) is 14.8. The predicted octanol–water partition coefficient (Wildman–Crippen LogP) is 3.03. The summed E-state index contributed by atoms with van der Waals surface area (Å²) in [5.74, 6) is 0. The van der Waals surface area contributed by atoms with Crippen molar-refractivity contribution in [3.63, 3.8) is 0 Å². The fourth-order valence-electron chi connectivity index (χ4n) is 3.49. The number of carbonyl (C=O) groups excluding carboxylic acids is 1. The van der Waals surface area contributed by atoms with E-state index in [0.717, 1.165) is 12.1 Å². The van der Waals surface area contributed by atoms with Crippen LogP contribution < -0.4 is 21.2 Å². The van der Waals surface area contributed by atoms with Gasteiger partial charge in [0, 0.05) is 25.3 Å². The fourth-order valence-corrected chi connectivity index (χ4v) is 3.49. The lowest BCUT2D eigenvalue weighted by Gasteiger charge is -2.31. The molecule has 4 N–H and O–H groups in total. The number of ether oxygens (including phenoxy) is 1. The largest absolute Gasteiger partial charge is 0.416 e. The molecule has 0 radical (unpaired) electrons. The minimum atomic E-state index is -4.46. The summed E-state index contributed by atoms with van der Waals surface area (Å²) in [4.78, 5) is 30.9. The number of amides is 2. The van der Waals surface area contributed by atoms with Gasteiger partial charge in [0.05, 0.1) is 35.5 Å². The molecule has 0 aliphatic carbocycles. The second-order valence-corrected chi connectivity index (χ2v) is 7.06. The van der Waals surface area contributed by atoms with E-state index >= 15 is 0 Å². The summed E-state index contributed by atoms with van der Waals surface area (Å²) in [6, 6.07) is 7.92. The van der Waals surface area contributed by atoms with Crippen molar-refractivity contribution in [3.8, 4) is 0 Å². The lowest BCUT2D eigenvalue weighted by molar-refractivity contribution is -0.137. The van der Waals surface area contributed by atoms with Gasteiger partial charge in [0.25, 0.3) is 0 Å². The Morgan fingerprint density at radius 2 is 1.90 bits per heavy atom. The maximum atomic E-state index is 13.2. The topological polar surface area (TPSA) is 102 Å². The molecule has 1 saturated heterocycles. The molecule has 31 heavy (non-hydrogen) atoms. The second-order valence-electron chi connectivity index (χ2n) is 7.06. The Hall–Kier alpha value is -3.47. The number of carbonyl (C=O) groups is 1. The van der Waals surface area contributed by atoms with Gasteiger partial charge in [-0.2, -0.15) is 13.2 Å². The van der Waals surface area contributed by atoms with Gasteiger partial charge in [0.1, 0.15) is 0 Å². The zero-order valence-corrected chi connectivity index (χ0v) is 16.3. The van der Waals surface area contributed by atoms with Gasteiger partial charge in [-0.05, 0) is 29.8 Å². The number of morpholine rings is 1. The number of fused-ring (bicyclic) bond motifs is 1. The van der Waals surface area contributed by atoms with Crippen LogP contribution in [-0.4, -0.2) is 42.3 Å². The number of para-hydroxylation sites is 1.